The Morgan fingerprint density at radius 3 is 2.46 bits per heavy atom. The summed E-state index contributed by atoms with van der Waals surface area (Å²) in [5.41, 5.74) is -4.32. The van der Waals surface area contributed by atoms with E-state index < -0.39 is 62.1 Å². The fourth-order valence-electron chi connectivity index (χ4n) is 3.61. The quantitative estimate of drug-likeness (QED) is 0.448. The Morgan fingerprint density at radius 1 is 1.19 bits per heavy atom. The first-order valence-electron chi connectivity index (χ1n) is 10.7. The van der Waals surface area contributed by atoms with Gasteiger partial charge in [0.1, 0.15) is 11.2 Å². The first kappa shape index (κ1) is 26.3. The lowest BCUT2D eigenvalue weighted by molar-refractivity contribution is -0.142. The van der Waals surface area contributed by atoms with Crippen LogP contribution in [0, 0.1) is 12.9 Å². The molecule has 1 fully saturated rings. The highest BCUT2D eigenvalue weighted by atomic mass is 32.2. The zero-order valence-electron chi connectivity index (χ0n) is 19.3. The Labute approximate surface area is 207 Å². The third-order valence-electron chi connectivity index (χ3n) is 5.75. The zero-order chi connectivity index (χ0) is 27.2. The number of halogens is 4. The Hall–Kier alpha value is -3.72. The number of alkyl halides is 3. The molecule has 2 heterocycles. The highest BCUT2D eigenvalue weighted by Crippen LogP contribution is 2.40. The number of hydrogen-bond acceptors (Lipinski definition) is 9. The molecule has 1 amide bonds. The van der Waals surface area contributed by atoms with Gasteiger partial charge in [-0.15, -0.1) is 10.2 Å². The summed E-state index contributed by atoms with van der Waals surface area (Å²) in [4.78, 5) is 20.3. The summed E-state index contributed by atoms with van der Waals surface area (Å²) in [5.74, 6) is -4.06. The van der Waals surface area contributed by atoms with E-state index in [2.05, 4.69) is 25.5 Å². The van der Waals surface area contributed by atoms with Crippen LogP contribution in [-0.2, 0) is 21.6 Å². The summed E-state index contributed by atoms with van der Waals surface area (Å²) >= 11 is 0. The van der Waals surface area contributed by atoms with E-state index in [1.165, 1.54) is 18.2 Å². The molecular formula is C22H19F4N5O5S. The molecule has 1 aliphatic carbocycles. The van der Waals surface area contributed by atoms with Crippen molar-refractivity contribution in [3.05, 3.63) is 58.9 Å². The van der Waals surface area contributed by atoms with E-state index in [1.54, 1.807) is 0 Å². The van der Waals surface area contributed by atoms with E-state index in [4.69, 9.17) is 4.74 Å². The smallest absolute Gasteiger partial charge is 0.414 e. The zero-order valence-corrected chi connectivity index (χ0v) is 20.1. The topological polar surface area (TPSA) is 144 Å². The minimum atomic E-state index is -4.98. The number of hydrogen-bond donors (Lipinski definition) is 2. The molecule has 1 aromatic carbocycles. The Balaban J connectivity index is 1.73. The summed E-state index contributed by atoms with van der Waals surface area (Å²) in [6.07, 6.45) is -1.56. The molecule has 1 saturated carbocycles. The van der Waals surface area contributed by atoms with E-state index in [1.807, 2.05) is 0 Å². The van der Waals surface area contributed by atoms with Crippen LogP contribution in [0.15, 0.2) is 35.4 Å². The van der Waals surface area contributed by atoms with Crippen molar-refractivity contribution in [3.63, 3.8) is 0 Å². The summed E-state index contributed by atoms with van der Waals surface area (Å²) in [7, 11) is -3.65. The van der Waals surface area contributed by atoms with Crippen molar-refractivity contribution in [2.24, 2.45) is 0 Å². The predicted molar refractivity (Wildman–Crippen MR) is 119 cm³/mol. The number of benzene rings is 1. The first-order chi connectivity index (χ1) is 17.2. The fraction of sp³-hybridized carbons (Fsp3) is 0.318. The van der Waals surface area contributed by atoms with Gasteiger partial charge in [0.2, 0.25) is 0 Å². The fourth-order valence-corrected chi connectivity index (χ4v) is 4.28. The number of aliphatic hydroxyl groups is 1. The molecular weight excluding hydrogens is 522 g/mol. The monoisotopic (exact) mass is 541 g/mol. The van der Waals surface area contributed by atoms with Crippen molar-refractivity contribution in [2.45, 2.75) is 42.9 Å². The lowest BCUT2D eigenvalue weighted by Crippen LogP contribution is -2.35. The number of rotatable bonds is 6. The second-order valence-electron chi connectivity index (χ2n) is 8.44. The normalized spacial score (nSPS) is 15.1. The molecule has 196 valence electrons. The predicted octanol–water partition coefficient (Wildman–Crippen LogP) is 3.55. The van der Waals surface area contributed by atoms with Crippen LogP contribution in [0.1, 0.15) is 46.6 Å². The van der Waals surface area contributed by atoms with Crippen molar-refractivity contribution in [3.8, 4) is 11.8 Å². The minimum absolute atomic E-state index is 0.0398. The molecule has 0 aliphatic heterocycles. The summed E-state index contributed by atoms with van der Waals surface area (Å²) in [6, 6.07) is 5.02. The number of nitrogens with zero attached hydrogens (tertiary/aromatic N) is 4. The van der Waals surface area contributed by atoms with Gasteiger partial charge >= 0.3 is 6.18 Å². The van der Waals surface area contributed by atoms with Crippen LogP contribution in [0.25, 0.3) is 0 Å². The van der Waals surface area contributed by atoms with Crippen molar-refractivity contribution in [1.29, 1.82) is 0 Å². The van der Waals surface area contributed by atoms with Gasteiger partial charge in [-0.05, 0) is 49.9 Å². The van der Waals surface area contributed by atoms with Crippen LogP contribution in [0.4, 0.5) is 23.2 Å². The second kappa shape index (κ2) is 9.30. The summed E-state index contributed by atoms with van der Waals surface area (Å²) in [6.45, 7) is 0.948. The maximum atomic E-state index is 14.6. The summed E-state index contributed by atoms with van der Waals surface area (Å²) in [5, 5.41) is 19.0. The maximum absolute atomic E-state index is 14.6. The molecule has 3 aromatic rings. The highest BCUT2D eigenvalue weighted by molar-refractivity contribution is 7.90. The highest BCUT2D eigenvalue weighted by Gasteiger charge is 2.40. The molecule has 4 rings (SSSR count). The van der Waals surface area contributed by atoms with Gasteiger partial charge in [-0.25, -0.2) is 18.4 Å². The first-order valence-corrected chi connectivity index (χ1v) is 12.6. The van der Waals surface area contributed by atoms with Crippen molar-refractivity contribution < 1.29 is 40.6 Å². The molecule has 2 aromatic heterocycles. The van der Waals surface area contributed by atoms with Crippen LogP contribution >= 0.6 is 0 Å². The Bertz CT molecular complexity index is 1490. The maximum Gasteiger partial charge on any atom is 0.435 e. The van der Waals surface area contributed by atoms with Crippen LogP contribution in [0.2, 0.25) is 0 Å². The molecule has 0 spiro atoms. The van der Waals surface area contributed by atoms with Gasteiger partial charge in [0.15, 0.2) is 15.5 Å². The SMILES string of the molecule is Cc1c(C(F)(F)F)nnc(Oc2ncc(C3(O)CCC3)nc2F)c1C(=O)Nc1cccc(S(C)(=O)=O)c1. The third kappa shape index (κ3) is 5.36. The molecule has 0 saturated heterocycles. The van der Waals surface area contributed by atoms with Gasteiger partial charge in [0, 0.05) is 11.9 Å². The number of sulfone groups is 1. The molecule has 0 atom stereocenters. The van der Waals surface area contributed by atoms with Gasteiger partial charge < -0.3 is 15.2 Å². The third-order valence-corrected chi connectivity index (χ3v) is 6.86. The largest absolute Gasteiger partial charge is 0.435 e. The molecule has 37 heavy (non-hydrogen) atoms. The van der Waals surface area contributed by atoms with Crippen LogP contribution in [0.3, 0.4) is 0 Å². The number of anilines is 1. The number of amides is 1. The van der Waals surface area contributed by atoms with E-state index >= 15 is 0 Å². The Kier molecular flexibility index (Phi) is 6.62. The van der Waals surface area contributed by atoms with Crippen molar-refractivity contribution in [2.75, 3.05) is 11.6 Å². The molecule has 2 N–H and O–H groups in total. The van der Waals surface area contributed by atoms with Gasteiger partial charge in [-0.1, -0.05) is 6.07 Å². The number of ether oxygens (including phenoxy) is 1. The van der Waals surface area contributed by atoms with Crippen molar-refractivity contribution in [1.82, 2.24) is 20.2 Å². The van der Waals surface area contributed by atoms with Crippen LogP contribution in [0.5, 0.6) is 11.8 Å². The van der Waals surface area contributed by atoms with Crippen LogP contribution < -0.4 is 10.1 Å². The number of carbonyl (C=O) groups excluding carboxylic acids is 1. The number of carbonyl (C=O) groups is 1. The van der Waals surface area contributed by atoms with Gasteiger partial charge in [-0.3, -0.25) is 4.79 Å². The molecule has 10 nitrogen and oxygen atoms in total. The van der Waals surface area contributed by atoms with E-state index in [0.29, 0.717) is 19.3 Å². The molecule has 0 bridgehead atoms. The Morgan fingerprint density at radius 2 is 1.89 bits per heavy atom. The number of nitrogens with one attached hydrogen (secondary N) is 1. The average molecular weight is 541 g/mol. The molecule has 1 aliphatic rings. The molecule has 15 heteroatoms. The van der Waals surface area contributed by atoms with Crippen molar-refractivity contribution >= 4 is 21.4 Å². The van der Waals surface area contributed by atoms with Gasteiger partial charge in [0.05, 0.1) is 16.8 Å². The average Bonchev–Trinajstić information content (AvgIpc) is 2.77. The lowest BCUT2D eigenvalue weighted by atomic mass is 9.78. The minimum Gasteiger partial charge on any atom is -0.414 e. The summed E-state index contributed by atoms with van der Waals surface area (Å²) < 4.78 is 83.9. The molecule has 0 unspecified atom stereocenters. The van der Waals surface area contributed by atoms with Gasteiger partial charge in [-0.2, -0.15) is 17.6 Å². The number of aromatic nitrogens is 4. The molecule has 0 radical (unpaired) electrons. The van der Waals surface area contributed by atoms with Gasteiger partial charge in [0.25, 0.3) is 23.6 Å². The standard InChI is InChI=1S/C22H19F4N5O5S/c1-11-15(18(32)28-12-5-3-6-13(9-12)37(2,34)35)19(31-30-16(11)22(24,25)26)36-20-17(23)29-14(10-27-20)21(33)7-4-8-21/h3,5-6,9-10,33H,4,7-8H2,1-2H3,(H,28,32). The van der Waals surface area contributed by atoms with E-state index in [9.17, 15) is 35.9 Å². The van der Waals surface area contributed by atoms with E-state index in [-0.39, 0.29) is 16.3 Å². The van der Waals surface area contributed by atoms with Crippen LogP contribution in [-0.4, -0.2) is 45.9 Å². The lowest BCUT2D eigenvalue weighted by Gasteiger charge is -2.35. The second-order valence-corrected chi connectivity index (χ2v) is 10.5. The van der Waals surface area contributed by atoms with E-state index in [0.717, 1.165) is 25.4 Å².